The van der Waals surface area contributed by atoms with Crippen molar-refractivity contribution in [2.75, 3.05) is 11.4 Å². The summed E-state index contributed by atoms with van der Waals surface area (Å²) in [6.45, 7) is 8.47. The molecule has 0 amide bonds. The molecule has 0 radical (unpaired) electrons. The first kappa shape index (κ1) is 12.4. The highest BCUT2D eigenvalue weighted by atomic mass is 15.2. The summed E-state index contributed by atoms with van der Waals surface area (Å²) in [5, 5.41) is 0. The number of hydrogen-bond acceptors (Lipinski definition) is 3. The molecule has 1 saturated heterocycles. The van der Waals surface area contributed by atoms with Gasteiger partial charge in [0.25, 0.3) is 0 Å². The van der Waals surface area contributed by atoms with Gasteiger partial charge in [0.05, 0.1) is 0 Å². The van der Waals surface area contributed by atoms with E-state index in [1.807, 2.05) is 6.20 Å². The highest BCUT2D eigenvalue weighted by Gasteiger charge is 2.26. The van der Waals surface area contributed by atoms with Gasteiger partial charge >= 0.3 is 0 Å². The van der Waals surface area contributed by atoms with Crippen LogP contribution in [0.2, 0.25) is 0 Å². The molecule has 17 heavy (non-hydrogen) atoms. The minimum Gasteiger partial charge on any atom is -0.353 e. The van der Waals surface area contributed by atoms with Crippen LogP contribution in [-0.4, -0.2) is 17.6 Å². The van der Waals surface area contributed by atoms with Gasteiger partial charge in [-0.05, 0) is 49.8 Å². The van der Waals surface area contributed by atoms with Crippen LogP contribution in [0.4, 0.5) is 5.82 Å². The molecule has 2 heterocycles. The SMILES string of the molecule is Cc1cc(CN)cnc1N1CCCC(C)C1C. The second-order valence-corrected chi connectivity index (χ2v) is 5.24. The van der Waals surface area contributed by atoms with Crippen molar-refractivity contribution in [3.05, 3.63) is 23.4 Å². The molecular formula is C14H23N3. The molecule has 0 aliphatic carbocycles. The van der Waals surface area contributed by atoms with Crippen molar-refractivity contribution in [3.8, 4) is 0 Å². The lowest BCUT2D eigenvalue weighted by atomic mass is 9.92. The summed E-state index contributed by atoms with van der Waals surface area (Å²) in [5.41, 5.74) is 8.00. The minimum atomic E-state index is 0.570. The summed E-state index contributed by atoms with van der Waals surface area (Å²) in [6, 6.07) is 2.74. The number of hydrogen-bond donors (Lipinski definition) is 1. The Balaban J connectivity index is 2.27. The molecule has 1 aliphatic heterocycles. The van der Waals surface area contributed by atoms with Crippen LogP contribution >= 0.6 is 0 Å². The van der Waals surface area contributed by atoms with Gasteiger partial charge in [0.15, 0.2) is 0 Å². The zero-order chi connectivity index (χ0) is 12.4. The number of aryl methyl sites for hydroxylation is 1. The van der Waals surface area contributed by atoms with Crippen LogP contribution in [0.25, 0.3) is 0 Å². The van der Waals surface area contributed by atoms with Crippen molar-refractivity contribution in [1.82, 2.24) is 4.98 Å². The summed E-state index contributed by atoms with van der Waals surface area (Å²) in [7, 11) is 0. The Morgan fingerprint density at radius 3 is 2.88 bits per heavy atom. The molecule has 0 saturated carbocycles. The number of rotatable bonds is 2. The lowest BCUT2D eigenvalue weighted by Gasteiger charge is -2.39. The van der Waals surface area contributed by atoms with Gasteiger partial charge in [-0.25, -0.2) is 4.98 Å². The molecule has 2 N–H and O–H groups in total. The average Bonchev–Trinajstić information content (AvgIpc) is 2.33. The topological polar surface area (TPSA) is 42.1 Å². The van der Waals surface area contributed by atoms with E-state index in [4.69, 9.17) is 5.73 Å². The average molecular weight is 233 g/mol. The van der Waals surface area contributed by atoms with E-state index in [0.717, 1.165) is 23.8 Å². The van der Waals surface area contributed by atoms with E-state index in [1.54, 1.807) is 0 Å². The van der Waals surface area contributed by atoms with Crippen LogP contribution in [0.1, 0.15) is 37.8 Å². The summed E-state index contributed by atoms with van der Waals surface area (Å²) < 4.78 is 0. The van der Waals surface area contributed by atoms with Crippen LogP contribution in [-0.2, 0) is 6.54 Å². The van der Waals surface area contributed by atoms with Crippen molar-refractivity contribution >= 4 is 5.82 Å². The van der Waals surface area contributed by atoms with Gasteiger partial charge in [-0.15, -0.1) is 0 Å². The van der Waals surface area contributed by atoms with Crippen molar-refractivity contribution in [3.63, 3.8) is 0 Å². The molecule has 1 fully saturated rings. The fourth-order valence-electron chi connectivity index (χ4n) is 2.67. The van der Waals surface area contributed by atoms with Crippen LogP contribution in [0.3, 0.4) is 0 Å². The Morgan fingerprint density at radius 2 is 2.24 bits per heavy atom. The second-order valence-electron chi connectivity index (χ2n) is 5.24. The normalized spacial score (nSPS) is 25.1. The summed E-state index contributed by atoms with van der Waals surface area (Å²) in [5.74, 6) is 1.89. The molecule has 94 valence electrons. The second kappa shape index (κ2) is 5.05. The van der Waals surface area contributed by atoms with Crippen molar-refractivity contribution in [2.24, 2.45) is 11.7 Å². The lowest BCUT2D eigenvalue weighted by molar-refractivity contribution is 0.361. The van der Waals surface area contributed by atoms with Gasteiger partial charge in [0.2, 0.25) is 0 Å². The third-order valence-corrected chi connectivity index (χ3v) is 3.99. The summed E-state index contributed by atoms with van der Waals surface area (Å²) in [4.78, 5) is 7.05. The zero-order valence-corrected chi connectivity index (χ0v) is 11.1. The smallest absolute Gasteiger partial charge is 0.131 e. The van der Waals surface area contributed by atoms with Crippen molar-refractivity contribution in [2.45, 2.75) is 46.2 Å². The quantitative estimate of drug-likeness (QED) is 0.853. The number of nitrogens with two attached hydrogens (primary N) is 1. The fraction of sp³-hybridized carbons (Fsp3) is 0.643. The number of aromatic nitrogens is 1. The molecule has 2 rings (SSSR count). The maximum Gasteiger partial charge on any atom is 0.131 e. The maximum absolute atomic E-state index is 5.64. The first-order chi connectivity index (χ1) is 8.13. The molecule has 3 nitrogen and oxygen atoms in total. The molecule has 1 aromatic heterocycles. The zero-order valence-electron chi connectivity index (χ0n) is 11.1. The Labute approximate surface area is 104 Å². The predicted molar refractivity (Wildman–Crippen MR) is 72.1 cm³/mol. The van der Waals surface area contributed by atoms with E-state index in [1.165, 1.54) is 18.4 Å². The van der Waals surface area contributed by atoms with Crippen LogP contribution in [0.5, 0.6) is 0 Å². The van der Waals surface area contributed by atoms with Gasteiger partial charge in [0, 0.05) is 25.3 Å². The number of piperidine rings is 1. The highest BCUT2D eigenvalue weighted by molar-refractivity contribution is 5.48. The maximum atomic E-state index is 5.64. The number of pyridine rings is 1. The van der Waals surface area contributed by atoms with Gasteiger partial charge < -0.3 is 10.6 Å². The van der Waals surface area contributed by atoms with Gasteiger partial charge in [-0.1, -0.05) is 6.92 Å². The monoisotopic (exact) mass is 233 g/mol. The minimum absolute atomic E-state index is 0.570. The van der Waals surface area contributed by atoms with E-state index in [-0.39, 0.29) is 0 Å². The molecule has 3 heteroatoms. The van der Waals surface area contributed by atoms with Gasteiger partial charge in [0.1, 0.15) is 5.82 Å². The highest BCUT2D eigenvalue weighted by Crippen LogP contribution is 2.29. The van der Waals surface area contributed by atoms with E-state index < -0.39 is 0 Å². The van der Waals surface area contributed by atoms with E-state index in [9.17, 15) is 0 Å². The van der Waals surface area contributed by atoms with Gasteiger partial charge in [-0.2, -0.15) is 0 Å². The molecule has 0 aromatic carbocycles. The first-order valence-corrected chi connectivity index (χ1v) is 6.55. The Bertz CT molecular complexity index is 389. The van der Waals surface area contributed by atoms with E-state index in [0.29, 0.717) is 12.6 Å². The standard InChI is InChI=1S/C14H23N3/c1-10-5-4-6-17(12(10)3)14-11(2)7-13(8-15)9-16-14/h7,9-10,12H,4-6,8,15H2,1-3H3. The van der Waals surface area contributed by atoms with Crippen LogP contribution in [0, 0.1) is 12.8 Å². The number of anilines is 1. The molecule has 2 unspecified atom stereocenters. The third kappa shape index (κ3) is 2.44. The fourth-order valence-corrected chi connectivity index (χ4v) is 2.67. The molecule has 1 aromatic rings. The Hall–Kier alpha value is -1.09. The number of nitrogens with zero attached hydrogens (tertiary/aromatic N) is 2. The van der Waals surface area contributed by atoms with Crippen molar-refractivity contribution < 1.29 is 0 Å². The van der Waals surface area contributed by atoms with Crippen LogP contribution in [0.15, 0.2) is 12.3 Å². The predicted octanol–water partition coefficient (Wildman–Crippen LogP) is 2.47. The van der Waals surface area contributed by atoms with E-state index in [2.05, 4.69) is 36.7 Å². The largest absolute Gasteiger partial charge is 0.353 e. The van der Waals surface area contributed by atoms with Gasteiger partial charge in [-0.3, -0.25) is 0 Å². The first-order valence-electron chi connectivity index (χ1n) is 6.55. The summed E-state index contributed by atoms with van der Waals surface area (Å²) >= 11 is 0. The van der Waals surface area contributed by atoms with Crippen LogP contribution < -0.4 is 10.6 Å². The molecule has 1 aliphatic rings. The Kier molecular flexibility index (Phi) is 3.67. The Morgan fingerprint density at radius 1 is 1.47 bits per heavy atom. The molecule has 0 spiro atoms. The van der Waals surface area contributed by atoms with Crippen molar-refractivity contribution in [1.29, 1.82) is 0 Å². The third-order valence-electron chi connectivity index (χ3n) is 3.99. The summed E-state index contributed by atoms with van der Waals surface area (Å²) in [6.07, 6.45) is 4.51. The molecular weight excluding hydrogens is 210 g/mol. The molecule has 2 atom stereocenters. The molecule has 0 bridgehead atoms. The lowest BCUT2D eigenvalue weighted by Crippen LogP contribution is -2.43. The van der Waals surface area contributed by atoms with E-state index >= 15 is 0 Å².